The Balaban J connectivity index is 2.99. The summed E-state index contributed by atoms with van der Waals surface area (Å²) >= 11 is 0. The molecule has 0 bridgehead atoms. The van der Waals surface area contributed by atoms with E-state index in [1.165, 1.54) is 0 Å². The number of likely N-dealkylation sites (tertiary alicyclic amines) is 1. The van der Waals surface area contributed by atoms with Crippen LogP contribution < -0.4 is 22.1 Å². The Morgan fingerprint density at radius 1 is 1.04 bits per heavy atom. The zero-order valence-electron chi connectivity index (χ0n) is 14.9. The SMILES string of the molecule is NCC(=O)NC(CC(=O)O)C(=O)NC(CC(N)=O)C(=O)N1CCCC1C(=O)O. The Kier molecular flexibility index (Phi) is 8.31. The summed E-state index contributed by atoms with van der Waals surface area (Å²) in [4.78, 5) is 71.0. The minimum Gasteiger partial charge on any atom is -0.481 e. The molecule has 3 unspecified atom stereocenters. The minimum atomic E-state index is -1.55. The molecule has 1 rings (SSSR count). The van der Waals surface area contributed by atoms with Gasteiger partial charge in [0.25, 0.3) is 0 Å². The van der Waals surface area contributed by atoms with Crippen molar-refractivity contribution in [3.8, 4) is 0 Å². The molecule has 156 valence electrons. The van der Waals surface area contributed by atoms with Crippen LogP contribution in [0.4, 0.5) is 0 Å². The van der Waals surface area contributed by atoms with Crippen LogP contribution in [-0.2, 0) is 28.8 Å². The van der Waals surface area contributed by atoms with Gasteiger partial charge in [0.2, 0.25) is 23.6 Å². The first kappa shape index (κ1) is 22.8. The Bertz CT molecular complexity index is 667. The molecule has 28 heavy (non-hydrogen) atoms. The highest BCUT2D eigenvalue weighted by molar-refractivity contribution is 5.97. The van der Waals surface area contributed by atoms with E-state index in [2.05, 4.69) is 10.6 Å². The third-order valence-corrected chi connectivity index (χ3v) is 4.06. The molecule has 0 radical (unpaired) electrons. The molecule has 13 heteroatoms. The third-order valence-electron chi connectivity index (χ3n) is 4.06. The summed E-state index contributed by atoms with van der Waals surface area (Å²) in [6.45, 7) is -0.384. The van der Waals surface area contributed by atoms with Crippen LogP contribution in [0.3, 0.4) is 0 Å². The molecular formula is C15H23N5O8. The van der Waals surface area contributed by atoms with Gasteiger partial charge in [-0.25, -0.2) is 4.79 Å². The predicted octanol–water partition coefficient (Wildman–Crippen LogP) is -3.66. The summed E-state index contributed by atoms with van der Waals surface area (Å²) in [6.07, 6.45) is -0.783. The van der Waals surface area contributed by atoms with Gasteiger partial charge >= 0.3 is 11.9 Å². The Morgan fingerprint density at radius 3 is 2.18 bits per heavy atom. The van der Waals surface area contributed by atoms with Crippen LogP contribution >= 0.6 is 0 Å². The van der Waals surface area contributed by atoms with Crippen molar-refractivity contribution in [3.05, 3.63) is 0 Å². The van der Waals surface area contributed by atoms with Crippen LogP contribution in [0.5, 0.6) is 0 Å². The quantitative estimate of drug-likeness (QED) is 0.212. The number of carbonyl (C=O) groups excluding carboxylic acids is 4. The number of nitrogens with one attached hydrogen (secondary N) is 2. The average Bonchev–Trinajstić information content (AvgIpc) is 3.08. The summed E-state index contributed by atoms with van der Waals surface area (Å²) in [7, 11) is 0. The number of nitrogens with two attached hydrogens (primary N) is 2. The van der Waals surface area contributed by atoms with E-state index in [9.17, 15) is 33.9 Å². The second-order valence-corrected chi connectivity index (χ2v) is 6.18. The van der Waals surface area contributed by atoms with E-state index >= 15 is 0 Å². The topological polar surface area (TPSA) is 222 Å². The zero-order chi connectivity index (χ0) is 21.4. The van der Waals surface area contributed by atoms with Crippen molar-refractivity contribution in [2.24, 2.45) is 11.5 Å². The molecular weight excluding hydrogens is 378 g/mol. The van der Waals surface area contributed by atoms with Gasteiger partial charge < -0.3 is 37.2 Å². The Labute approximate surface area is 159 Å². The molecule has 0 aromatic heterocycles. The van der Waals surface area contributed by atoms with Crippen molar-refractivity contribution in [1.82, 2.24) is 15.5 Å². The monoisotopic (exact) mass is 401 g/mol. The molecule has 3 atom stereocenters. The maximum atomic E-state index is 12.7. The predicted molar refractivity (Wildman–Crippen MR) is 91.4 cm³/mol. The largest absolute Gasteiger partial charge is 0.481 e. The maximum Gasteiger partial charge on any atom is 0.326 e. The van der Waals surface area contributed by atoms with E-state index in [4.69, 9.17) is 16.6 Å². The van der Waals surface area contributed by atoms with Crippen LogP contribution in [0, 0.1) is 0 Å². The van der Waals surface area contributed by atoms with E-state index in [-0.39, 0.29) is 13.0 Å². The zero-order valence-corrected chi connectivity index (χ0v) is 14.9. The fourth-order valence-corrected chi connectivity index (χ4v) is 2.80. The molecule has 4 amide bonds. The molecule has 0 aromatic rings. The Morgan fingerprint density at radius 2 is 1.68 bits per heavy atom. The molecule has 13 nitrogen and oxygen atoms in total. The lowest BCUT2D eigenvalue weighted by Gasteiger charge is -2.28. The highest BCUT2D eigenvalue weighted by Gasteiger charge is 2.39. The summed E-state index contributed by atoms with van der Waals surface area (Å²) in [6, 6.07) is -4.16. The van der Waals surface area contributed by atoms with Crippen LogP contribution in [-0.4, -0.2) is 81.9 Å². The van der Waals surface area contributed by atoms with E-state index in [0.29, 0.717) is 6.42 Å². The van der Waals surface area contributed by atoms with Gasteiger partial charge in [0, 0.05) is 6.54 Å². The van der Waals surface area contributed by atoms with Crippen LogP contribution in [0.25, 0.3) is 0 Å². The number of hydrogen-bond donors (Lipinski definition) is 6. The van der Waals surface area contributed by atoms with Gasteiger partial charge in [-0.1, -0.05) is 0 Å². The highest BCUT2D eigenvalue weighted by Crippen LogP contribution is 2.19. The molecule has 1 heterocycles. The summed E-state index contributed by atoms with van der Waals surface area (Å²) in [5.74, 6) is -6.25. The molecule has 0 aliphatic carbocycles. The number of carboxylic acid groups (broad SMARTS) is 2. The lowest BCUT2D eigenvalue weighted by atomic mass is 10.1. The fraction of sp³-hybridized carbons (Fsp3) is 0.600. The number of rotatable bonds is 10. The van der Waals surface area contributed by atoms with Gasteiger partial charge in [-0.3, -0.25) is 24.0 Å². The van der Waals surface area contributed by atoms with E-state index < -0.39 is 73.1 Å². The molecule has 8 N–H and O–H groups in total. The van der Waals surface area contributed by atoms with Gasteiger partial charge in [0.05, 0.1) is 19.4 Å². The average molecular weight is 401 g/mol. The lowest BCUT2D eigenvalue weighted by Crippen LogP contribution is -2.57. The Hall–Kier alpha value is -3.22. The minimum absolute atomic E-state index is 0.114. The first-order valence-corrected chi connectivity index (χ1v) is 8.40. The number of hydrogen-bond acceptors (Lipinski definition) is 7. The van der Waals surface area contributed by atoms with Crippen molar-refractivity contribution in [2.45, 2.75) is 43.8 Å². The summed E-state index contributed by atoms with van der Waals surface area (Å²) in [5.41, 5.74) is 10.2. The molecule has 0 aromatic carbocycles. The first-order chi connectivity index (χ1) is 13.1. The molecule has 0 saturated carbocycles. The number of nitrogens with zero attached hydrogens (tertiary/aromatic N) is 1. The van der Waals surface area contributed by atoms with Gasteiger partial charge in [0.15, 0.2) is 0 Å². The normalized spacial score (nSPS) is 18.0. The fourth-order valence-electron chi connectivity index (χ4n) is 2.80. The van der Waals surface area contributed by atoms with Crippen LogP contribution in [0.1, 0.15) is 25.7 Å². The number of carbonyl (C=O) groups is 6. The molecule has 1 aliphatic rings. The van der Waals surface area contributed by atoms with Gasteiger partial charge in [0.1, 0.15) is 18.1 Å². The smallest absolute Gasteiger partial charge is 0.326 e. The van der Waals surface area contributed by atoms with E-state index in [1.807, 2.05) is 0 Å². The lowest BCUT2D eigenvalue weighted by molar-refractivity contribution is -0.150. The molecule has 1 fully saturated rings. The van der Waals surface area contributed by atoms with Gasteiger partial charge in [-0.2, -0.15) is 0 Å². The second-order valence-electron chi connectivity index (χ2n) is 6.18. The highest BCUT2D eigenvalue weighted by atomic mass is 16.4. The summed E-state index contributed by atoms with van der Waals surface area (Å²) in [5, 5.41) is 22.4. The van der Waals surface area contributed by atoms with Crippen molar-refractivity contribution in [2.75, 3.05) is 13.1 Å². The standard InChI is InChI=1S/C15H23N5O8/c16-6-11(22)18-7(5-12(23)24)13(25)19-8(4-10(17)21)14(26)20-3-1-2-9(20)15(27)28/h7-9H,1-6,16H2,(H2,17,21)(H,18,22)(H,19,25)(H,23,24)(H,27,28). The van der Waals surface area contributed by atoms with Crippen LogP contribution in [0.2, 0.25) is 0 Å². The van der Waals surface area contributed by atoms with Gasteiger partial charge in [-0.05, 0) is 12.8 Å². The number of amides is 4. The van der Waals surface area contributed by atoms with E-state index in [1.54, 1.807) is 0 Å². The number of aliphatic carboxylic acids is 2. The van der Waals surface area contributed by atoms with Crippen molar-refractivity contribution >= 4 is 35.6 Å². The third kappa shape index (κ3) is 6.50. The number of primary amides is 1. The molecule has 0 spiro atoms. The first-order valence-electron chi connectivity index (χ1n) is 8.40. The maximum absolute atomic E-state index is 12.7. The van der Waals surface area contributed by atoms with Gasteiger partial charge in [-0.15, -0.1) is 0 Å². The molecule has 1 aliphatic heterocycles. The van der Waals surface area contributed by atoms with Crippen LogP contribution in [0.15, 0.2) is 0 Å². The van der Waals surface area contributed by atoms with E-state index in [0.717, 1.165) is 4.90 Å². The summed E-state index contributed by atoms with van der Waals surface area (Å²) < 4.78 is 0. The molecule has 1 saturated heterocycles. The number of carboxylic acids is 2. The van der Waals surface area contributed by atoms with Crippen molar-refractivity contribution in [3.63, 3.8) is 0 Å². The second kappa shape index (κ2) is 10.2. The van der Waals surface area contributed by atoms with Crippen molar-refractivity contribution in [1.29, 1.82) is 0 Å². The van der Waals surface area contributed by atoms with Crippen molar-refractivity contribution < 1.29 is 39.0 Å².